The molecule has 12 heavy (non-hydrogen) atoms. The lowest BCUT2D eigenvalue weighted by Gasteiger charge is -2.03. The maximum Gasteiger partial charge on any atom is 0.413 e. The smallest absolute Gasteiger partial charge is 0.413 e. The molecule has 1 saturated heterocycles. The first-order valence-electron chi connectivity index (χ1n) is 4.44. The van der Waals surface area contributed by atoms with E-state index in [1.54, 1.807) is 4.90 Å². The van der Waals surface area contributed by atoms with E-state index < -0.39 is 0 Å². The van der Waals surface area contributed by atoms with Crippen molar-refractivity contribution in [3.8, 4) is 0 Å². The molecule has 1 heterocycles. The Bertz CT molecular complexity index is 177. The second kappa shape index (κ2) is 4.80. The zero-order valence-corrected chi connectivity index (χ0v) is 7.45. The minimum absolute atomic E-state index is 0.220. The van der Waals surface area contributed by atoms with E-state index in [9.17, 15) is 4.79 Å². The Morgan fingerprint density at radius 2 is 2.50 bits per heavy atom. The maximum atomic E-state index is 10.9. The maximum absolute atomic E-state index is 10.9. The Morgan fingerprint density at radius 1 is 1.67 bits per heavy atom. The third-order valence-corrected chi connectivity index (χ3v) is 1.80. The summed E-state index contributed by atoms with van der Waals surface area (Å²) in [5, 5.41) is 0. The van der Waals surface area contributed by atoms with Crippen LogP contribution in [0.1, 0.15) is 26.2 Å². The summed E-state index contributed by atoms with van der Waals surface area (Å²) in [6.45, 7) is 3.37. The van der Waals surface area contributed by atoms with Gasteiger partial charge >= 0.3 is 6.09 Å². The number of hydrogen-bond donors (Lipinski definition) is 0. The van der Waals surface area contributed by atoms with Gasteiger partial charge in [-0.05, 0) is 6.42 Å². The van der Waals surface area contributed by atoms with Crippen molar-refractivity contribution in [2.24, 2.45) is 0 Å². The normalized spacial score (nSPS) is 17.4. The number of carbonyl (C=O) groups excluding carboxylic acids is 1. The Hall–Kier alpha value is -0.990. The summed E-state index contributed by atoms with van der Waals surface area (Å²) in [6, 6.07) is 0. The van der Waals surface area contributed by atoms with E-state index in [0.29, 0.717) is 13.2 Å². The molecule has 3 heteroatoms. The number of allylic oxidation sites excluding steroid dienone is 1. The molecule has 1 rings (SSSR count). The Kier molecular flexibility index (Phi) is 3.64. The van der Waals surface area contributed by atoms with E-state index >= 15 is 0 Å². The van der Waals surface area contributed by atoms with Gasteiger partial charge in [0.15, 0.2) is 0 Å². The van der Waals surface area contributed by atoms with Gasteiger partial charge in [-0.2, -0.15) is 0 Å². The molecule has 0 aromatic carbocycles. The summed E-state index contributed by atoms with van der Waals surface area (Å²) in [5.41, 5.74) is 0. The molecule has 3 nitrogen and oxygen atoms in total. The third-order valence-electron chi connectivity index (χ3n) is 1.80. The van der Waals surface area contributed by atoms with E-state index in [4.69, 9.17) is 4.74 Å². The van der Waals surface area contributed by atoms with Gasteiger partial charge in [0.2, 0.25) is 0 Å². The summed E-state index contributed by atoms with van der Waals surface area (Å²) in [4.78, 5) is 12.5. The number of ether oxygens (including phenoxy) is 1. The van der Waals surface area contributed by atoms with Crippen LogP contribution in [0, 0.1) is 0 Å². The van der Waals surface area contributed by atoms with Crippen LogP contribution in [0.5, 0.6) is 0 Å². The van der Waals surface area contributed by atoms with Gasteiger partial charge in [0.25, 0.3) is 0 Å². The summed E-state index contributed by atoms with van der Waals surface area (Å²) in [7, 11) is 0. The van der Waals surface area contributed by atoms with Crippen molar-refractivity contribution in [3.05, 3.63) is 12.3 Å². The predicted molar refractivity (Wildman–Crippen MR) is 46.7 cm³/mol. The summed E-state index contributed by atoms with van der Waals surface area (Å²) in [5.74, 6) is 0. The highest BCUT2D eigenvalue weighted by Crippen LogP contribution is 2.04. The lowest BCUT2D eigenvalue weighted by atomic mass is 10.2. The van der Waals surface area contributed by atoms with Crippen LogP contribution in [0.2, 0.25) is 0 Å². The average Bonchev–Trinajstić information content (AvgIpc) is 2.46. The quantitative estimate of drug-likeness (QED) is 0.603. The van der Waals surface area contributed by atoms with Gasteiger partial charge in [0.05, 0.1) is 6.54 Å². The fourth-order valence-corrected chi connectivity index (χ4v) is 1.06. The zero-order valence-electron chi connectivity index (χ0n) is 7.45. The molecule has 1 amide bonds. The van der Waals surface area contributed by atoms with E-state index in [-0.39, 0.29) is 6.09 Å². The van der Waals surface area contributed by atoms with Crippen LogP contribution in [-0.2, 0) is 4.74 Å². The Balaban J connectivity index is 2.20. The van der Waals surface area contributed by atoms with E-state index in [2.05, 4.69) is 6.92 Å². The highest BCUT2D eigenvalue weighted by molar-refractivity contribution is 5.70. The molecule has 0 aliphatic carbocycles. The second-order valence-corrected chi connectivity index (χ2v) is 2.83. The molecule has 0 bridgehead atoms. The lowest BCUT2D eigenvalue weighted by molar-refractivity contribution is 0.166. The van der Waals surface area contributed by atoms with Crippen molar-refractivity contribution in [1.29, 1.82) is 0 Å². The molecule has 1 fully saturated rings. The molecular weight excluding hydrogens is 154 g/mol. The molecule has 0 aromatic rings. The molecule has 0 N–H and O–H groups in total. The Morgan fingerprint density at radius 3 is 3.08 bits per heavy atom. The average molecular weight is 169 g/mol. The van der Waals surface area contributed by atoms with Crippen molar-refractivity contribution in [1.82, 2.24) is 4.90 Å². The lowest BCUT2D eigenvalue weighted by Crippen LogP contribution is -2.16. The van der Waals surface area contributed by atoms with E-state index in [0.717, 1.165) is 6.42 Å². The van der Waals surface area contributed by atoms with Gasteiger partial charge in [0, 0.05) is 6.20 Å². The molecule has 0 spiro atoms. The van der Waals surface area contributed by atoms with Crippen molar-refractivity contribution in [3.63, 3.8) is 0 Å². The first-order chi connectivity index (χ1) is 5.84. The van der Waals surface area contributed by atoms with Gasteiger partial charge in [-0.15, -0.1) is 0 Å². The number of hydrogen-bond acceptors (Lipinski definition) is 2. The minimum atomic E-state index is -0.220. The largest absolute Gasteiger partial charge is 0.447 e. The number of rotatable bonds is 4. The third kappa shape index (κ3) is 2.57. The highest BCUT2D eigenvalue weighted by Gasteiger charge is 2.18. The van der Waals surface area contributed by atoms with Crippen LogP contribution in [0.4, 0.5) is 4.79 Å². The topological polar surface area (TPSA) is 29.5 Å². The van der Waals surface area contributed by atoms with Gasteiger partial charge in [-0.25, -0.2) is 4.79 Å². The molecule has 0 atom stereocenters. The van der Waals surface area contributed by atoms with Crippen LogP contribution < -0.4 is 0 Å². The van der Waals surface area contributed by atoms with Crippen LogP contribution in [-0.4, -0.2) is 24.1 Å². The molecule has 0 radical (unpaired) electrons. The number of cyclic esters (lactones) is 1. The fourth-order valence-electron chi connectivity index (χ4n) is 1.06. The van der Waals surface area contributed by atoms with E-state index in [1.807, 2.05) is 12.3 Å². The van der Waals surface area contributed by atoms with E-state index in [1.165, 1.54) is 12.8 Å². The first-order valence-corrected chi connectivity index (χ1v) is 4.44. The fraction of sp³-hybridized carbons (Fsp3) is 0.667. The number of carbonyl (C=O) groups is 1. The zero-order chi connectivity index (χ0) is 8.81. The monoisotopic (exact) mass is 169 g/mol. The second-order valence-electron chi connectivity index (χ2n) is 2.83. The Labute approximate surface area is 73.0 Å². The van der Waals surface area contributed by atoms with Crippen molar-refractivity contribution in [2.45, 2.75) is 26.2 Å². The minimum Gasteiger partial charge on any atom is -0.447 e. The molecule has 1 aliphatic heterocycles. The van der Waals surface area contributed by atoms with Gasteiger partial charge in [-0.3, -0.25) is 4.90 Å². The number of amides is 1. The standard InChI is InChI=1S/C9H15NO2/c1-2-3-4-5-6-10-7-8-12-9(10)11/h5-6H,2-4,7-8H2,1H3/b6-5+. The highest BCUT2D eigenvalue weighted by atomic mass is 16.6. The molecular formula is C9H15NO2. The summed E-state index contributed by atoms with van der Waals surface area (Å²) >= 11 is 0. The predicted octanol–water partition coefficient (Wildman–Crippen LogP) is 2.14. The summed E-state index contributed by atoms with van der Waals surface area (Å²) in [6.07, 6.45) is 7.04. The molecule has 68 valence electrons. The summed E-state index contributed by atoms with van der Waals surface area (Å²) < 4.78 is 4.76. The van der Waals surface area contributed by atoms with Crippen LogP contribution >= 0.6 is 0 Å². The van der Waals surface area contributed by atoms with Gasteiger partial charge in [0.1, 0.15) is 6.61 Å². The van der Waals surface area contributed by atoms with Crippen LogP contribution in [0.15, 0.2) is 12.3 Å². The van der Waals surface area contributed by atoms with Crippen LogP contribution in [0.25, 0.3) is 0 Å². The number of nitrogens with zero attached hydrogens (tertiary/aromatic N) is 1. The van der Waals surface area contributed by atoms with Gasteiger partial charge < -0.3 is 4.74 Å². The van der Waals surface area contributed by atoms with Crippen LogP contribution in [0.3, 0.4) is 0 Å². The van der Waals surface area contributed by atoms with Crippen molar-refractivity contribution < 1.29 is 9.53 Å². The van der Waals surface area contributed by atoms with Crippen molar-refractivity contribution >= 4 is 6.09 Å². The van der Waals surface area contributed by atoms with Crippen molar-refractivity contribution in [2.75, 3.05) is 13.2 Å². The molecule has 1 aliphatic rings. The van der Waals surface area contributed by atoms with Gasteiger partial charge in [-0.1, -0.05) is 25.8 Å². The first kappa shape index (κ1) is 9.10. The molecule has 0 saturated carbocycles. The molecule has 0 unspecified atom stereocenters. The SMILES string of the molecule is CCCC/C=C/N1CCOC1=O. The number of unbranched alkanes of at least 4 members (excludes halogenated alkanes) is 2. The molecule has 0 aromatic heterocycles.